The lowest BCUT2D eigenvalue weighted by Crippen LogP contribution is -2.22. The van der Waals surface area contributed by atoms with Gasteiger partial charge in [-0.3, -0.25) is 4.68 Å². The van der Waals surface area contributed by atoms with Gasteiger partial charge < -0.3 is 5.32 Å². The normalized spacial score (nSPS) is 12.6. The molecule has 0 aliphatic carbocycles. The molecule has 20 heavy (non-hydrogen) atoms. The van der Waals surface area contributed by atoms with Gasteiger partial charge in [0.1, 0.15) is 11.6 Å². The van der Waals surface area contributed by atoms with Crippen LogP contribution in [0.5, 0.6) is 0 Å². The number of hydrogen-bond donors (Lipinski definition) is 1. The van der Waals surface area contributed by atoms with Crippen molar-refractivity contribution in [3.8, 4) is 0 Å². The summed E-state index contributed by atoms with van der Waals surface area (Å²) >= 11 is 0. The highest BCUT2D eigenvalue weighted by Gasteiger charge is 2.15. The van der Waals surface area contributed by atoms with Crippen LogP contribution < -0.4 is 5.32 Å². The van der Waals surface area contributed by atoms with Crippen molar-refractivity contribution in [1.82, 2.24) is 15.1 Å². The van der Waals surface area contributed by atoms with E-state index in [-0.39, 0.29) is 6.04 Å². The minimum Gasteiger partial charge on any atom is -0.310 e. The van der Waals surface area contributed by atoms with E-state index in [0.29, 0.717) is 5.56 Å². The molecule has 0 aliphatic rings. The Morgan fingerprint density at radius 2 is 2.15 bits per heavy atom. The molecule has 0 amide bonds. The van der Waals surface area contributed by atoms with Crippen LogP contribution in [0.1, 0.15) is 30.5 Å². The number of aryl methyl sites for hydroxylation is 2. The minimum atomic E-state index is -0.547. The second-order valence-electron chi connectivity index (χ2n) is 4.84. The predicted octanol–water partition coefficient (Wildman–Crippen LogP) is 2.98. The van der Waals surface area contributed by atoms with Gasteiger partial charge in [-0.25, -0.2) is 8.78 Å². The van der Waals surface area contributed by atoms with Crippen LogP contribution in [0.25, 0.3) is 0 Å². The minimum absolute atomic E-state index is 0.124. The van der Waals surface area contributed by atoms with E-state index in [4.69, 9.17) is 0 Å². The molecule has 1 unspecified atom stereocenters. The molecule has 0 bridgehead atoms. The van der Waals surface area contributed by atoms with Crippen molar-refractivity contribution in [2.24, 2.45) is 7.05 Å². The Hall–Kier alpha value is -1.75. The van der Waals surface area contributed by atoms with Gasteiger partial charge in [-0.15, -0.1) is 0 Å². The number of benzene rings is 1. The maximum Gasteiger partial charge on any atom is 0.130 e. The van der Waals surface area contributed by atoms with Crippen molar-refractivity contribution in [2.75, 3.05) is 6.54 Å². The molecule has 2 aromatic rings. The molecule has 1 N–H and O–H groups in total. The fraction of sp³-hybridized carbons (Fsp3) is 0.400. The molecule has 1 aromatic carbocycles. The molecular weight excluding hydrogens is 260 g/mol. The highest BCUT2D eigenvalue weighted by molar-refractivity contribution is 5.22. The molecule has 2 rings (SSSR count). The van der Waals surface area contributed by atoms with E-state index in [0.717, 1.165) is 31.0 Å². The molecule has 1 aromatic heterocycles. The van der Waals surface area contributed by atoms with Crippen molar-refractivity contribution < 1.29 is 8.78 Å². The summed E-state index contributed by atoms with van der Waals surface area (Å²) in [6.07, 6.45) is 5.29. The largest absolute Gasteiger partial charge is 0.310 e. The van der Waals surface area contributed by atoms with Crippen LogP contribution in [-0.2, 0) is 13.5 Å². The second-order valence-corrected chi connectivity index (χ2v) is 4.84. The van der Waals surface area contributed by atoms with Gasteiger partial charge in [-0.2, -0.15) is 5.10 Å². The van der Waals surface area contributed by atoms with Gasteiger partial charge in [0, 0.05) is 30.9 Å². The van der Waals surface area contributed by atoms with Crippen molar-refractivity contribution in [3.05, 3.63) is 53.4 Å². The number of nitrogens with one attached hydrogen (secondary N) is 1. The first-order valence-corrected chi connectivity index (χ1v) is 6.76. The van der Waals surface area contributed by atoms with Crippen LogP contribution in [0.3, 0.4) is 0 Å². The smallest absolute Gasteiger partial charge is 0.130 e. The van der Waals surface area contributed by atoms with Crippen LogP contribution >= 0.6 is 0 Å². The Balaban J connectivity index is 2.09. The summed E-state index contributed by atoms with van der Waals surface area (Å²) < 4.78 is 28.6. The highest BCUT2D eigenvalue weighted by atomic mass is 19.1. The van der Waals surface area contributed by atoms with Gasteiger partial charge in [0.15, 0.2) is 0 Å². The molecule has 0 fully saturated rings. The molecule has 1 heterocycles. The molecule has 0 saturated heterocycles. The summed E-state index contributed by atoms with van der Waals surface area (Å²) in [6, 6.07) is 3.62. The fourth-order valence-electron chi connectivity index (χ4n) is 2.31. The summed E-state index contributed by atoms with van der Waals surface area (Å²) in [5.74, 6) is -1.05. The lowest BCUT2D eigenvalue weighted by molar-refractivity contribution is 0.480. The molecule has 3 nitrogen and oxygen atoms in total. The summed E-state index contributed by atoms with van der Waals surface area (Å²) in [4.78, 5) is 0. The summed E-state index contributed by atoms with van der Waals surface area (Å²) in [5.41, 5.74) is 1.62. The average molecular weight is 279 g/mol. The zero-order valence-electron chi connectivity index (χ0n) is 11.7. The molecule has 0 aliphatic heterocycles. The van der Waals surface area contributed by atoms with Gasteiger partial charge in [-0.05, 0) is 31.0 Å². The van der Waals surface area contributed by atoms with Crippen molar-refractivity contribution in [1.29, 1.82) is 0 Å². The first kappa shape index (κ1) is 14.7. The zero-order chi connectivity index (χ0) is 14.5. The quantitative estimate of drug-likeness (QED) is 0.881. The number of nitrogens with zero attached hydrogens (tertiary/aromatic N) is 2. The van der Waals surface area contributed by atoms with E-state index in [2.05, 4.69) is 10.4 Å². The van der Waals surface area contributed by atoms with Gasteiger partial charge in [0.25, 0.3) is 0 Å². The molecule has 1 atom stereocenters. The first-order chi connectivity index (χ1) is 9.60. The predicted molar refractivity (Wildman–Crippen MR) is 74.3 cm³/mol. The zero-order valence-corrected chi connectivity index (χ0v) is 11.7. The second kappa shape index (κ2) is 6.61. The Morgan fingerprint density at radius 1 is 1.35 bits per heavy atom. The molecule has 0 radical (unpaired) electrons. The summed E-state index contributed by atoms with van der Waals surface area (Å²) in [5, 5.41) is 7.36. The Morgan fingerprint density at radius 3 is 2.75 bits per heavy atom. The molecule has 5 heteroatoms. The van der Waals surface area contributed by atoms with Crippen LogP contribution in [-0.4, -0.2) is 16.3 Å². The Bertz CT molecular complexity index is 566. The molecule has 0 spiro atoms. The van der Waals surface area contributed by atoms with Crippen LogP contribution in [0.15, 0.2) is 30.6 Å². The van der Waals surface area contributed by atoms with Crippen LogP contribution in [0.4, 0.5) is 8.78 Å². The van der Waals surface area contributed by atoms with Gasteiger partial charge >= 0.3 is 0 Å². The van der Waals surface area contributed by atoms with Gasteiger partial charge in [-0.1, -0.05) is 13.0 Å². The maximum absolute atomic E-state index is 13.9. The first-order valence-electron chi connectivity index (χ1n) is 6.76. The Labute approximate surface area is 117 Å². The summed E-state index contributed by atoms with van der Waals surface area (Å²) in [6.45, 7) is 2.70. The van der Waals surface area contributed by atoms with Crippen molar-refractivity contribution >= 4 is 0 Å². The number of aromatic nitrogens is 2. The molecular formula is C15H19F2N3. The maximum atomic E-state index is 13.9. The molecule has 108 valence electrons. The summed E-state index contributed by atoms with van der Waals surface area (Å²) in [7, 11) is 1.87. The van der Waals surface area contributed by atoms with Crippen LogP contribution in [0.2, 0.25) is 0 Å². The van der Waals surface area contributed by atoms with Crippen molar-refractivity contribution in [2.45, 2.75) is 25.8 Å². The number of hydrogen-bond acceptors (Lipinski definition) is 2. The fourth-order valence-corrected chi connectivity index (χ4v) is 2.31. The van der Waals surface area contributed by atoms with E-state index in [1.165, 1.54) is 12.1 Å². The third-order valence-electron chi connectivity index (χ3n) is 3.27. The Kier molecular flexibility index (Phi) is 4.84. The van der Waals surface area contributed by atoms with E-state index in [1.54, 1.807) is 4.68 Å². The van der Waals surface area contributed by atoms with Gasteiger partial charge in [0.2, 0.25) is 0 Å². The topological polar surface area (TPSA) is 29.9 Å². The van der Waals surface area contributed by atoms with E-state index in [9.17, 15) is 8.78 Å². The third kappa shape index (κ3) is 3.63. The monoisotopic (exact) mass is 279 g/mol. The lowest BCUT2D eigenvalue weighted by Gasteiger charge is -2.18. The number of halogens is 2. The highest BCUT2D eigenvalue weighted by Crippen LogP contribution is 2.22. The average Bonchev–Trinajstić information content (AvgIpc) is 2.81. The third-order valence-corrected chi connectivity index (χ3v) is 3.27. The van der Waals surface area contributed by atoms with Crippen molar-refractivity contribution in [3.63, 3.8) is 0 Å². The number of rotatable bonds is 6. The van der Waals surface area contributed by atoms with E-state index in [1.807, 2.05) is 26.4 Å². The van der Waals surface area contributed by atoms with Crippen LogP contribution in [0, 0.1) is 11.6 Å². The SMILES string of the molecule is CCNC(CCc1cnn(C)c1)c1ccc(F)cc1F. The standard InChI is InChI=1S/C15H19F2N3/c1-3-18-15(7-4-11-9-19-20(2)10-11)13-6-5-12(16)8-14(13)17/h5-6,8-10,15,18H,3-4,7H2,1-2H3. The van der Waals surface area contributed by atoms with E-state index < -0.39 is 11.6 Å². The molecule has 0 saturated carbocycles. The van der Waals surface area contributed by atoms with E-state index >= 15 is 0 Å². The lowest BCUT2D eigenvalue weighted by atomic mass is 9.99. The van der Waals surface area contributed by atoms with Gasteiger partial charge in [0.05, 0.1) is 6.20 Å².